The number of halogens is 3. The SMILES string of the molecule is O=C(NC1CCCOC1)c1cc(Br)cc(S(=O)(=O)Cl)c1Cl. The molecule has 1 unspecified atom stereocenters. The van der Waals surface area contributed by atoms with Crippen LogP contribution < -0.4 is 5.32 Å². The van der Waals surface area contributed by atoms with Crippen molar-refractivity contribution in [3.05, 3.63) is 27.2 Å². The molecule has 1 aromatic rings. The number of ether oxygens (including phenoxy) is 1. The van der Waals surface area contributed by atoms with Crippen LogP contribution in [0.15, 0.2) is 21.5 Å². The summed E-state index contributed by atoms with van der Waals surface area (Å²) in [6.07, 6.45) is 1.66. The maximum absolute atomic E-state index is 12.3. The number of amides is 1. The molecule has 21 heavy (non-hydrogen) atoms. The van der Waals surface area contributed by atoms with E-state index < -0.39 is 15.0 Å². The number of carbonyl (C=O) groups excluding carboxylic acids is 1. The van der Waals surface area contributed by atoms with E-state index in [4.69, 9.17) is 27.0 Å². The summed E-state index contributed by atoms with van der Waals surface area (Å²) >= 11 is 9.15. The van der Waals surface area contributed by atoms with Gasteiger partial charge in [0.15, 0.2) is 0 Å². The highest BCUT2D eigenvalue weighted by atomic mass is 79.9. The molecule has 1 N–H and O–H groups in total. The molecule has 5 nitrogen and oxygen atoms in total. The number of hydrogen-bond acceptors (Lipinski definition) is 4. The van der Waals surface area contributed by atoms with Crippen LogP contribution in [0.5, 0.6) is 0 Å². The van der Waals surface area contributed by atoms with Gasteiger partial charge in [-0.05, 0) is 25.0 Å². The van der Waals surface area contributed by atoms with E-state index in [-0.39, 0.29) is 21.5 Å². The van der Waals surface area contributed by atoms with Gasteiger partial charge in [0.25, 0.3) is 15.0 Å². The van der Waals surface area contributed by atoms with Crippen molar-refractivity contribution in [1.82, 2.24) is 5.32 Å². The number of rotatable bonds is 3. The summed E-state index contributed by atoms with van der Waals surface area (Å²) in [5.41, 5.74) is 0.0517. The van der Waals surface area contributed by atoms with Crippen LogP contribution in [0.2, 0.25) is 5.02 Å². The third-order valence-corrected chi connectivity index (χ3v) is 5.33. The predicted octanol–water partition coefficient (Wildman–Crippen LogP) is 2.94. The Morgan fingerprint density at radius 2 is 2.14 bits per heavy atom. The van der Waals surface area contributed by atoms with E-state index in [0.29, 0.717) is 17.7 Å². The van der Waals surface area contributed by atoms with Gasteiger partial charge in [-0.2, -0.15) is 0 Å². The van der Waals surface area contributed by atoms with E-state index in [2.05, 4.69) is 21.2 Å². The number of carbonyl (C=O) groups is 1. The smallest absolute Gasteiger partial charge is 0.262 e. The van der Waals surface area contributed by atoms with Crippen LogP contribution in [0.25, 0.3) is 0 Å². The number of nitrogens with one attached hydrogen (secondary N) is 1. The second kappa shape index (κ2) is 6.83. The number of benzene rings is 1. The average molecular weight is 417 g/mol. The van der Waals surface area contributed by atoms with E-state index in [1.54, 1.807) is 0 Å². The zero-order valence-electron chi connectivity index (χ0n) is 10.7. The first-order valence-electron chi connectivity index (χ1n) is 6.11. The normalized spacial score (nSPS) is 19.3. The molecule has 2 rings (SSSR count). The molecule has 0 aliphatic carbocycles. The highest BCUT2D eigenvalue weighted by molar-refractivity contribution is 9.10. The molecule has 1 aromatic carbocycles. The minimum Gasteiger partial charge on any atom is -0.379 e. The molecule has 1 saturated heterocycles. The van der Waals surface area contributed by atoms with Crippen LogP contribution in [0.3, 0.4) is 0 Å². The molecule has 0 radical (unpaired) electrons. The van der Waals surface area contributed by atoms with Gasteiger partial charge in [0.2, 0.25) is 0 Å². The molecule has 1 aliphatic heterocycles. The predicted molar refractivity (Wildman–Crippen MR) is 83.5 cm³/mol. The molecule has 0 bridgehead atoms. The largest absolute Gasteiger partial charge is 0.379 e. The van der Waals surface area contributed by atoms with Crippen molar-refractivity contribution in [1.29, 1.82) is 0 Å². The van der Waals surface area contributed by atoms with Crippen LogP contribution in [0.4, 0.5) is 0 Å². The lowest BCUT2D eigenvalue weighted by Crippen LogP contribution is -2.40. The van der Waals surface area contributed by atoms with Gasteiger partial charge in [0.05, 0.1) is 23.2 Å². The van der Waals surface area contributed by atoms with Crippen LogP contribution >= 0.6 is 38.2 Å². The molecule has 9 heteroatoms. The monoisotopic (exact) mass is 415 g/mol. The Morgan fingerprint density at radius 1 is 1.43 bits per heavy atom. The second-order valence-corrected chi connectivity index (χ2v) is 8.42. The summed E-state index contributed by atoms with van der Waals surface area (Å²) in [4.78, 5) is 12.0. The summed E-state index contributed by atoms with van der Waals surface area (Å²) in [5.74, 6) is -0.460. The fraction of sp³-hybridized carbons (Fsp3) is 0.417. The molecule has 1 heterocycles. The molecule has 0 saturated carbocycles. The van der Waals surface area contributed by atoms with Crippen LogP contribution in [-0.2, 0) is 13.8 Å². The fourth-order valence-electron chi connectivity index (χ4n) is 2.02. The summed E-state index contributed by atoms with van der Waals surface area (Å²) < 4.78 is 28.6. The molecule has 116 valence electrons. The summed E-state index contributed by atoms with van der Waals surface area (Å²) in [6.45, 7) is 1.11. The van der Waals surface area contributed by atoms with Crippen LogP contribution in [0.1, 0.15) is 23.2 Å². The topological polar surface area (TPSA) is 72.5 Å². The van der Waals surface area contributed by atoms with E-state index >= 15 is 0 Å². The Kier molecular flexibility index (Phi) is 5.54. The zero-order chi connectivity index (χ0) is 15.6. The molecule has 1 fully saturated rings. The number of hydrogen-bond donors (Lipinski definition) is 1. The second-order valence-electron chi connectivity index (χ2n) is 4.59. The van der Waals surface area contributed by atoms with Crippen molar-refractivity contribution in [2.24, 2.45) is 0 Å². The maximum Gasteiger partial charge on any atom is 0.262 e. The van der Waals surface area contributed by atoms with Crippen molar-refractivity contribution in [3.63, 3.8) is 0 Å². The standard InChI is InChI=1S/C12H12BrCl2NO4S/c13-7-4-9(11(14)10(5-7)21(15,18)19)12(17)16-8-2-1-3-20-6-8/h4-5,8H,1-3,6H2,(H,16,17). The van der Waals surface area contributed by atoms with Crippen LogP contribution in [-0.4, -0.2) is 33.6 Å². The highest BCUT2D eigenvalue weighted by Gasteiger charge is 2.24. The highest BCUT2D eigenvalue weighted by Crippen LogP contribution is 2.31. The first-order chi connectivity index (χ1) is 9.79. The van der Waals surface area contributed by atoms with Gasteiger partial charge < -0.3 is 10.1 Å². The minimum absolute atomic E-state index is 0.0517. The first-order valence-corrected chi connectivity index (χ1v) is 9.59. The minimum atomic E-state index is -4.04. The lowest BCUT2D eigenvalue weighted by molar-refractivity contribution is 0.0624. The summed E-state index contributed by atoms with van der Waals surface area (Å²) in [5, 5.41) is 2.58. The lowest BCUT2D eigenvalue weighted by atomic mass is 10.1. The third kappa shape index (κ3) is 4.32. The van der Waals surface area contributed by atoms with Gasteiger partial charge >= 0.3 is 0 Å². The zero-order valence-corrected chi connectivity index (χ0v) is 14.6. The Hall–Kier alpha value is -0.340. The molecular formula is C12H12BrCl2NO4S. The maximum atomic E-state index is 12.3. The Bertz CT molecular complexity index is 659. The molecule has 0 spiro atoms. The van der Waals surface area contributed by atoms with Crippen molar-refractivity contribution in [2.75, 3.05) is 13.2 Å². The third-order valence-electron chi connectivity index (χ3n) is 3.01. The van der Waals surface area contributed by atoms with Gasteiger partial charge in [0.1, 0.15) is 4.90 Å². The van der Waals surface area contributed by atoms with E-state index in [1.807, 2.05) is 0 Å². The summed E-state index contributed by atoms with van der Waals surface area (Å²) in [7, 11) is 1.28. The summed E-state index contributed by atoms with van der Waals surface area (Å²) in [6, 6.07) is 2.59. The Labute approximate surface area is 140 Å². The van der Waals surface area contributed by atoms with E-state index in [0.717, 1.165) is 12.8 Å². The lowest BCUT2D eigenvalue weighted by Gasteiger charge is -2.23. The van der Waals surface area contributed by atoms with Gasteiger partial charge in [0, 0.05) is 21.8 Å². The van der Waals surface area contributed by atoms with Gasteiger partial charge in [-0.25, -0.2) is 8.42 Å². The van der Waals surface area contributed by atoms with Crippen molar-refractivity contribution >= 4 is 53.2 Å². The van der Waals surface area contributed by atoms with E-state index in [9.17, 15) is 13.2 Å². The molecular weight excluding hydrogens is 405 g/mol. The van der Waals surface area contributed by atoms with Gasteiger partial charge in [-0.1, -0.05) is 27.5 Å². The van der Waals surface area contributed by atoms with Gasteiger partial charge in [-0.15, -0.1) is 0 Å². The molecule has 1 atom stereocenters. The van der Waals surface area contributed by atoms with Gasteiger partial charge in [-0.3, -0.25) is 4.79 Å². The van der Waals surface area contributed by atoms with Crippen molar-refractivity contribution < 1.29 is 17.9 Å². The van der Waals surface area contributed by atoms with Crippen molar-refractivity contribution in [2.45, 2.75) is 23.8 Å². The Morgan fingerprint density at radius 3 is 2.71 bits per heavy atom. The van der Waals surface area contributed by atoms with Crippen molar-refractivity contribution in [3.8, 4) is 0 Å². The van der Waals surface area contributed by atoms with Crippen LogP contribution in [0, 0.1) is 0 Å². The molecule has 1 amide bonds. The van der Waals surface area contributed by atoms with E-state index in [1.165, 1.54) is 12.1 Å². The molecule has 0 aromatic heterocycles. The molecule has 1 aliphatic rings. The first kappa shape index (κ1) is 17.0. The Balaban J connectivity index is 2.30. The average Bonchev–Trinajstić information content (AvgIpc) is 2.40. The fourth-order valence-corrected chi connectivity index (χ4v) is 4.21. The quantitative estimate of drug-likeness (QED) is 0.768.